The number of allylic oxidation sites excluding steroid dienone is 1. The summed E-state index contributed by atoms with van der Waals surface area (Å²) in [5.41, 5.74) is 4.43. The molecule has 0 spiro atoms. The van der Waals surface area contributed by atoms with Gasteiger partial charge in [0.2, 0.25) is 0 Å². The van der Waals surface area contributed by atoms with Gasteiger partial charge in [-0.15, -0.1) is 24.8 Å². The lowest BCUT2D eigenvalue weighted by Gasteiger charge is -2.17. The number of halogens is 2. The first-order valence-corrected chi connectivity index (χ1v) is 8.68. The first-order chi connectivity index (χ1) is 12.2. The van der Waals surface area contributed by atoms with E-state index < -0.39 is 0 Å². The van der Waals surface area contributed by atoms with E-state index in [2.05, 4.69) is 23.2 Å². The molecule has 0 N–H and O–H groups in total. The first kappa shape index (κ1) is 23.0. The van der Waals surface area contributed by atoms with Crippen LogP contribution in [0.4, 0.5) is 0 Å². The fraction of sp³-hybridized carbons (Fsp3) is 0.333. The fourth-order valence-corrected chi connectivity index (χ4v) is 2.93. The predicted octanol–water partition coefficient (Wildman–Crippen LogP) is 5.39. The van der Waals surface area contributed by atoms with E-state index >= 15 is 0 Å². The van der Waals surface area contributed by atoms with E-state index in [1.807, 2.05) is 38.2 Å². The first-order valence-electron chi connectivity index (χ1n) is 8.68. The molecule has 2 heterocycles. The highest BCUT2D eigenvalue weighted by molar-refractivity contribution is 6.15. The van der Waals surface area contributed by atoms with Crippen LogP contribution in [0.25, 0.3) is 6.08 Å². The molecule has 0 radical (unpaired) electrons. The lowest BCUT2D eigenvalue weighted by Crippen LogP contribution is -2.12. The average molecular weight is 409 g/mol. The minimum Gasteiger partial charge on any atom is -0.493 e. The highest BCUT2D eigenvalue weighted by atomic mass is 35.5. The number of aromatic nitrogens is 1. The summed E-state index contributed by atoms with van der Waals surface area (Å²) in [6.45, 7) is 4.88. The third kappa shape index (κ3) is 5.98. The molecule has 0 aliphatic carbocycles. The van der Waals surface area contributed by atoms with Crippen molar-refractivity contribution in [2.45, 2.75) is 32.8 Å². The number of benzene rings is 1. The number of rotatable bonds is 5. The maximum atomic E-state index is 5.79. The summed E-state index contributed by atoms with van der Waals surface area (Å²) < 4.78 is 11.3. The molecular formula is C21H26Cl2N2O2. The molecule has 0 unspecified atom stereocenters. The van der Waals surface area contributed by atoms with Crippen LogP contribution in [0.15, 0.2) is 53.3 Å². The number of aliphatic imine (C=N–C) groups is 1. The SMILES string of the molecule is COc1cc(C=C2CCCN=C2c2cccnc2)ccc1OC(C)C.Cl.Cl. The number of ether oxygens (including phenoxy) is 2. The van der Waals surface area contributed by atoms with Crippen molar-refractivity contribution in [3.63, 3.8) is 0 Å². The van der Waals surface area contributed by atoms with Crippen LogP contribution in [0.3, 0.4) is 0 Å². The molecule has 0 bridgehead atoms. The second-order valence-corrected chi connectivity index (χ2v) is 6.32. The Bertz CT molecular complexity index is 790. The molecule has 6 heteroatoms. The zero-order chi connectivity index (χ0) is 17.6. The van der Waals surface area contributed by atoms with E-state index in [1.54, 1.807) is 13.3 Å². The molecular weight excluding hydrogens is 383 g/mol. The molecule has 1 aliphatic rings. The largest absolute Gasteiger partial charge is 0.493 e. The third-order valence-electron chi connectivity index (χ3n) is 4.00. The Balaban J connectivity index is 0.00000182. The lowest BCUT2D eigenvalue weighted by atomic mass is 9.95. The molecule has 146 valence electrons. The zero-order valence-corrected chi connectivity index (χ0v) is 17.5. The van der Waals surface area contributed by atoms with Crippen LogP contribution in [0.2, 0.25) is 0 Å². The maximum absolute atomic E-state index is 5.79. The van der Waals surface area contributed by atoms with Gasteiger partial charge in [-0.25, -0.2) is 0 Å². The summed E-state index contributed by atoms with van der Waals surface area (Å²) in [6, 6.07) is 10.0. The Morgan fingerprint density at radius 3 is 2.59 bits per heavy atom. The summed E-state index contributed by atoms with van der Waals surface area (Å²) >= 11 is 0. The predicted molar refractivity (Wildman–Crippen MR) is 116 cm³/mol. The molecule has 0 atom stereocenters. The monoisotopic (exact) mass is 408 g/mol. The van der Waals surface area contributed by atoms with Crippen molar-refractivity contribution < 1.29 is 9.47 Å². The highest BCUT2D eigenvalue weighted by Gasteiger charge is 2.15. The number of pyridine rings is 1. The smallest absolute Gasteiger partial charge is 0.161 e. The molecule has 1 aliphatic heterocycles. The van der Waals surface area contributed by atoms with Gasteiger partial charge in [-0.2, -0.15) is 0 Å². The minimum atomic E-state index is 0. The summed E-state index contributed by atoms with van der Waals surface area (Å²) in [4.78, 5) is 8.95. The van der Waals surface area contributed by atoms with Crippen molar-refractivity contribution in [3.05, 3.63) is 59.4 Å². The topological polar surface area (TPSA) is 43.7 Å². The van der Waals surface area contributed by atoms with E-state index in [9.17, 15) is 0 Å². The van der Waals surface area contributed by atoms with E-state index in [-0.39, 0.29) is 30.9 Å². The summed E-state index contributed by atoms with van der Waals surface area (Å²) in [7, 11) is 1.67. The van der Waals surface area contributed by atoms with Gasteiger partial charge in [0.05, 0.1) is 18.9 Å². The molecule has 1 aromatic heterocycles. The minimum absolute atomic E-state index is 0. The Kier molecular flexibility index (Phi) is 9.33. The molecule has 0 fully saturated rings. The molecule has 2 aromatic rings. The van der Waals surface area contributed by atoms with Gasteiger partial charge in [0.15, 0.2) is 11.5 Å². The van der Waals surface area contributed by atoms with E-state index in [4.69, 9.17) is 14.5 Å². The van der Waals surface area contributed by atoms with Crippen LogP contribution in [-0.4, -0.2) is 30.5 Å². The van der Waals surface area contributed by atoms with Gasteiger partial charge in [-0.3, -0.25) is 9.98 Å². The highest BCUT2D eigenvalue weighted by Crippen LogP contribution is 2.31. The molecule has 1 aromatic carbocycles. The van der Waals surface area contributed by atoms with Gasteiger partial charge < -0.3 is 9.47 Å². The molecule has 0 amide bonds. The Morgan fingerprint density at radius 1 is 1.11 bits per heavy atom. The van der Waals surface area contributed by atoms with Crippen molar-refractivity contribution in [3.8, 4) is 11.5 Å². The van der Waals surface area contributed by atoms with E-state index in [0.717, 1.165) is 47.7 Å². The quantitative estimate of drug-likeness (QED) is 0.665. The Labute approximate surface area is 173 Å². The van der Waals surface area contributed by atoms with Crippen LogP contribution in [0.5, 0.6) is 11.5 Å². The molecule has 3 rings (SSSR count). The van der Waals surface area contributed by atoms with Gasteiger partial charge >= 0.3 is 0 Å². The molecule has 0 saturated heterocycles. The summed E-state index contributed by atoms with van der Waals surface area (Å²) in [6.07, 6.45) is 8.04. The van der Waals surface area contributed by atoms with E-state index in [0.29, 0.717) is 0 Å². The molecule has 27 heavy (non-hydrogen) atoms. The van der Waals surface area contributed by atoms with Crippen LogP contribution >= 0.6 is 24.8 Å². The molecule has 4 nitrogen and oxygen atoms in total. The standard InChI is InChI=1S/C21H24N2O2.2ClH/c1-15(2)25-19-9-8-16(13-20(19)24-3)12-17-6-5-11-23-21(17)18-7-4-10-22-14-18;;/h4,7-10,12-15H,5-6,11H2,1-3H3;2*1H. The van der Waals surface area contributed by atoms with Crippen LogP contribution in [0, 0.1) is 0 Å². The van der Waals surface area contributed by atoms with Crippen molar-refractivity contribution in [1.29, 1.82) is 0 Å². The Hall–Kier alpha value is -2.04. The van der Waals surface area contributed by atoms with E-state index in [1.165, 1.54) is 5.57 Å². The second-order valence-electron chi connectivity index (χ2n) is 6.32. The summed E-state index contributed by atoms with van der Waals surface area (Å²) in [5.74, 6) is 1.52. The fourth-order valence-electron chi connectivity index (χ4n) is 2.93. The van der Waals surface area contributed by atoms with Gasteiger partial charge in [0.1, 0.15) is 0 Å². The number of hydrogen-bond acceptors (Lipinski definition) is 4. The molecule has 0 saturated carbocycles. The number of hydrogen-bond donors (Lipinski definition) is 0. The van der Waals surface area contributed by atoms with Gasteiger partial charge in [0, 0.05) is 24.5 Å². The second kappa shape index (κ2) is 11.0. The van der Waals surface area contributed by atoms with Crippen molar-refractivity contribution in [2.75, 3.05) is 13.7 Å². The summed E-state index contributed by atoms with van der Waals surface area (Å²) in [5, 5.41) is 0. The normalized spacial score (nSPS) is 14.8. The van der Waals surface area contributed by atoms with Crippen LogP contribution in [0.1, 0.15) is 37.8 Å². The third-order valence-corrected chi connectivity index (χ3v) is 4.00. The van der Waals surface area contributed by atoms with Gasteiger partial charge in [-0.1, -0.05) is 6.07 Å². The lowest BCUT2D eigenvalue weighted by molar-refractivity contribution is 0.230. The zero-order valence-electron chi connectivity index (χ0n) is 15.8. The van der Waals surface area contributed by atoms with Crippen LogP contribution < -0.4 is 9.47 Å². The van der Waals surface area contributed by atoms with Crippen molar-refractivity contribution in [2.24, 2.45) is 4.99 Å². The number of methoxy groups -OCH3 is 1. The number of nitrogens with zero attached hydrogens (tertiary/aromatic N) is 2. The Morgan fingerprint density at radius 2 is 1.93 bits per heavy atom. The van der Waals surface area contributed by atoms with Crippen molar-refractivity contribution >= 4 is 36.6 Å². The van der Waals surface area contributed by atoms with Crippen molar-refractivity contribution in [1.82, 2.24) is 4.98 Å². The van der Waals surface area contributed by atoms with Gasteiger partial charge in [0.25, 0.3) is 0 Å². The average Bonchev–Trinajstić information content (AvgIpc) is 2.64. The van der Waals surface area contributed by atoms with Crippen LogP contribution in [-0.2, 0) is 0 Å². The van der Waals surface area contributed by atoms with Gasteiger partial charge in [-0.05, 0) is 68.2 Å². The maximum Gasteiger partial charge on any atom is 0.161 e.